The topological polar surface area (TPSA) is 67.8 Å². The molecule has 3 atom stereocenters. The van der Waals surface area contributed by atoms with Gasteiger partial charge in [-0.05, 0) is 32.6 Å². The van der Waals surface area contributed by atoms with Crippen LogP contribution in [0.1, 0.15) is 46.0 Å². The van der Waals surface area contributed by atoms with Crippen LogP contribution in [0, 0.1) is 5.92 Å². The Morgan fingerprint density at radius 2 is 1.96 bits per heavy atom. The SMILES string of the molecule is CC(C)(CNC(=O)C(F)(F)F)SSCOC1C[C@H](C2CCCC2)O[C@@H]1CO. The van der Waals surface area contributed by atoms with Gasteiger partial charge in [-0.25, -0.2) is 0 Å². The highest BCUT2D eigenvalue weighted by molar-refractivity contribution is 8.77. The van der Waals surface area contributed by atoms with E-state index in [4.69, 9.17) is 9.47 Å². The molecule has 5 nitrogen and oxygen atoms in total. The van der Waals surface area contributed by atoms with E-state index in [1.165, 1.54) is 34.4 Å². The minimum atomic E-state index is -4.87. The zero-order chi connectivity index (χ0) is 20.1. The van der Waals surface area contributed by atoms with Crippen LogP contribution in [0.2, 0.25) is 0 Å². The third kappa shape index (κ3) is 7.30. The molecule has 0 aromatic heterocycles. The van der Waals surface area contributed by atoms with Gasteiger partial charge in [-0.2, -0.15) is 13.2 Å². The maximum atomic E-state index is 12.2. The van der Waals surface area contributed by atoms with Gasteiger partial charge in [0.25, 0.3) is 0 Å². The highest BCUT2D eigenvalue weighted by Gasteiger charge is 2.41. The van der Waals surface area contributed by atoms with Crippen LogP contribution in [-0.4, -0.2) is 59.3 Å². The van der Waals surface area contributed by atoms with E-state index in [0.717, 1.165) is 19.3 Å². The third-order valence-corrected chi connectivity index (χ3v) is 7.82. The monoisotopic (exact) mass is 431 g/mol. The lowest BCUT2D eigenvalue weighted by Crippen LogP contribution is -2.42. The minimum Gasteiger partial charge on any atom is -0.394 e. The fourth-order valence-electron chi connectivity index (χ4n) is 3.44. The second kappa shape index (κ2) is 10.0. The summed E-state index contributed by atoms with van der Waals surface area (Å²) >= 11 is 0. The third-order valence-electron chi connectivity index (χ3n) is 4.88. The van der Waals surface area contributed by atoms with Crippen molar-refractivity contribution in [2.24, 2.45) is 5.92 Å². The molecular weight excluding hydrogens is 403 g/mol. The Hall–Kier alpha value is -0.160. The summed E-state index contributed by atoms with van der Waals surface area (Å²) in [6.45, 7) is 3.33. The van der Waals surface area contributed by atoms with Gasteiger partial charge in [0.2, 0.25) is 0 Å². The Labute approximate surface area is 165 Å². The van der Waals surface area contributed by atoms with Gasteiger partial charge in [-0.3, -0.25) is 4.79 Å². The molecule has 2 fully saturated rings. The van der Waals surface area contributed by atoms with Gasteiger partial charge in [0.15, 0.2) is 0 Å². The van der Waals surface area contributed by atoms with Crippen molar-refractivity contribution < 1.29 is 32.5 Å². The first-order valence-electron chi connectivity index (χ1n) is 9.16. The van der Waals surface area contributed by atoms with E-state index >= 15 is 0 Å². The van der Waals surface area contributed by atoms with Gasteiger partial charge in [-0.15, -0.1) is 0 Å². The predicted molar refractivity (Wildman–Crippen MR) is 100 cm³/mol. The molecule has 1 aliphatic heterocycles. The molecule has 0 aromatic rings. The Morgan fingerprint density at radius 1 is 1.30 bits per heavy atom. The van der Waals surface area contributed by atoms with Crippen molar-refractivity contribution in [2.75, 3.05) is 19.1 Å². The average Bonchev–Trinajstić information content (AvgIpc) is 3.24. The summed E-state index contributed by atoms with van der Waals surface area (Å²) in [7, 11) is 2.73. The van der Waals surface area contributed by atoms with Gasteiger partial charge >= 0.3 is 12.1 Å². The zero-order valence-corrected chi connectivity index (χ0v) is 17.2. The van der Waals surface area contributed by atoms with Gasteiger partial charge in [-0.1, -0.05) is 34.4 Å². The number of nitrogens with one attached hydrogen (secondary N) is 1. The van der Waals surface area contributed by atoms with E-state index in [-0.39, 0.29) is 31.5 Å². The largest absolute Gasteiger partial charge is 0.471 e. The standard InChI is InChI=1S/C17H28F3NO4S2/c1-16(2,9-21-15(23)17(18,19)20)27-26-10-24-13-7-12(25-14(13)8-22)11-5-3-4-6-11/h11-14,22H,3-10H2,1-2H3,(H,21,23)/t12-,13?,14-/m1/s1. The van der Waals surface area contributed by atoms with Crippen molar-refractivity contribution >= 4 is 27.5 Å². The number of aliphatic hydroxyl groups is 1. The van der Waals surface area contributed by atoms with Crippen LogP contribution in [0.5, 0.6) is 0 Å². The molecule has 2 rings (SSSR count). The van der Waals surface area contributed by atoms with Crippen LogP contribution in [-0.2, 0) is 14.3 Å². The highest BCUT2D eigenvalue weighted by Crippen LogP contribution is 2.39. The summed E-state index contributed by atoms with van der Waals surface area (Å²) in [5.74, 6) is -1.04. The van der Waals surface area contributed by atoms with Crippen LogP contribution >= 0.6 is 21.6 Å². The Bertz CT molecular complexity index is 487. The molecule has 2 N–H and O–H groups in total. The number of hydrogen-bond acceptors (Lipinski definition) is 6. The van der Waals surface area contributed by atoms with Crippen LogP contribution < -0.4 is 5.32 Å². The lowest BCUT2D eigenvalue weighted by atomic mass is 9.97. The summed E-state index contributed by atoms with van der Waals surface area (Å²) in [5, 5.41) is 11.4. The maximum absolute atomic E-state index is 12.2. The molecule has 1 aliphatic carbocycles. The van der Waals surface area contributed by atoms with E-state index in [1.807, 2.05) is 5.32 Å². The molecule has 0 bridgehead atoms. The van der Waals surface area contributed by atoms with Crippen molar-refractivity contribution in [3.8, 4) is 0 Å². The Balaban J connectivity index is 1.68. The summed E-state index contributed by atoms with van der Waals surface area (Å²) in [5.41, 5.74) is 0. The number of halogens is 3. The van der Waals surface area contributed by atoms with E-state index < -0.39 is 16.8 Å². The number of amides is 1. The molecule has 1 saturated heterocycles. The van der Waals surface area contributed by atoms with E-state index in [9.17, 15) is 23.1 Å². The molecule has 1 amide bonds. The zero-order valence-electron chi connectivity index (χ0n) is 15.6. The van der Waals surface area contributed by atoms with Crippen molar-refractivity contribution in [2.45, 2.75) is 75.2 Å². The van der Waals surface area contributed by atoms with E-state index in [0.29, 0.717) is 11.9 Å². The van der Waals surface area contributed by atoms with Crippen molar-refractivity contribution in [1.29, 1.82) is 0 Å². The first kappa shape index (κ1) is 23.1. The normalized spacial score (nSPS) is 27.3. The van der Waals surface area contributed by atoms with Crippen molar-refractivity contribution in [3.63, 3.8) is 0 Å². The van der Waals surface area contributed by atoms with Gasteiger partial charge < -0.3 is 19.9 Å². The summed E-state index contributed by atoms with van der Waals surface area (Å²) in [6.07, 6.45) is 0.346. The molecule has 0 aromatic carbocycles. The van der Waals surface area contributed by atoms with E-state index in [2.05, 4.69) is 0 Å². The average molecular weight is 432 g/mol. The molecule has 27 heavy (non-hydrogen) atoms. The predicted octanol–water partition coefficient (Wildman–Crippen LogP) is 3.51. The van der Waals surface area contributed by atoms with E-state index in [1.54, 1.807) is 13.8 Å². The first-order chi connectivity index (χ1) is 12.6. The van der Waals surface area contributed by atoms with Crippen LogP contribution in [0.15, 0.2) is 0 Å². The minimum absolute atomic E-state index is 0.0827. The van der Waals surface area contributed by atoms with Crippen molar-refractivity contribution in [3.05, 3.63) is 0 Å². The van der Waals surface area contributed by atoms with Crippen LogP contribution in [0.3, 0.4) is 0 Å². The van der Waals surface area contributed by atoms with Crippen LogP contribution in [0.4, 0.5) is 13.2 Å². The Morgan fingerprint density at radius 3 is 2.56 bits per heavy atom. The van der Waals surface area contributed by atoms with Gasteiger partial charge in [0, 0.05) is 17.7 Å². The fraction of sp³-hybridized carbons (Fsp3) is 0.941. The first-order valence-corrected chi connectivity index (χ1v) is 11.5. The summed E-state index contributed by atoms with van der Waals surface area (Å²) in [6, 6.07) is 0. The molecule has 1 heterocycles. The number of alkyl halides is 3. The molecular formula is C17H28F3NO4S2. The van der Waals surface area contributed by atoms with Gasteiger partial charge in [0.05, 0.1) is 18.8 Å². The number of aliphatic hydroxyl groups excluding tert-OH is 1. The Kier molecular flexibility index (Phi) is 8.60. The fourth-order valence-corrected chi connectivity index (χ4v) is 5.61. The number of carbonyl (C=O) groups excluding carboxylic acids is 1. The lowest BCUT2D eigenvalue weighted by molar-refractivity contribution is -0.173. The smallest absolute Gasteiger partial charge is 0.394 e. The number of hydrogen-bond donors (Lipinski definition) is 2. The number of carbonyl (C=O) groups is 1. The molecule has 1 saturated carbocycles. The maximum Gasteiger partial charge on any atom is 0.471 e. The molecule has 0 radical (unpaired) electrons. The highest BCUT2D eigenvalue weighted by atomic mass is 33.1. The molecule has 0 spiro atoms. The second-order valence-electron chi connectivity index (χ2n) is 7.64. The lowest BCUT2D eigenvalue weighted by Gasteiger charge is -2.24. The summed E-state index contributed by atoms with van der Waals surface area (Å²) < 4.78 is 48.0. The number of rotatable bonds is 9. The molecule has 1 unspecified atom stereocenters. The number of ether oxygens (including phenoxy) is 2. The molecule has 158 valence electrons. The molecule has 10 heteroatoms. The van der Waals surface area contributed by atoms with Crippen molar-refractivity contribution in [1.82, 2.24) is 5.32 Å². The summed E-state index contributed by atoms with van der Waals surface area (Å²) in [4.78, 5) is 10.9. The van der Waals surface area contributed by atoms with Crippen LogP contribution in [0.25, 0.3) is 0 Å². The second-order valence-corrected chi connectivity index (χ2v) is 10.6. The van der Waals surface area contributed by atoms with Gasteiger partial charge in [0.1, 0.15) is 12.0 Å². The quantitative estimate of drug-likeness (QED) is 0.331. The molecule has 2 aliphatic rings.